The van der Waals surface area contributed by atoms with Crippen molar-refractivity contribution in [1.29, 1.82) is 0 Å². The maximum atomic E-state index is 6.22. The summed E-state index contributed by atoms with van der Waals surface area (Å²) in [5.74, 6) is 0. The van der Waals surface area contributed by atoms with E-state index in [0.717, 1.165) is 16.8 Å². The van der Waals surface area contributed by atoms with E-state index in [-0.39, 0.29) is 0 Å². The van der Waals surface area contributed by atoms with Crippen LogP contribution < -0.4 is 17.2 Å². The molecule has 1 aliphatic rings. The number of ether oxygens (including phenoxy) is 1. The summed E-state index contributed by atoms with van der Waals surface area (Å²) in [5, 5.41) is 0. The zero-order chi connectivity index (χ0) is 12.5. The lowest BCUT2D eigenvalue weighted by Crippen LogP contribution is -2.45. The minimum absolute atomic E-state index is 0.486. The molecule has 1 unspecified atom stereocenters. The maximum absolute atomic E-state index is 6.22. The number of methoxy groups -OCH3 is 1. The molecular formula is C13H17N3O. The molecule has 6 N–H and O–H groups in total. The first kappa shape index (κ1) is 11.7. The van der Waals surface area contributed by atoms with E-state index < -0.39 is 5.72 Å². The summed E-state index contributed by atoms with van der Waals surface area (Å²) in [7, 11) is 1.59. The molecular weight excluding hydrogens is 214 g/mol. The van der Waals surface area contributed by atoms with Crippen molar-refractivity contribution in [1.82, 2.24) is 0 Å². The molecule has 0 heterocycles. The molecule has 0 fully saturated rings. The highest BCUT2D eigenvalue weighted by Gasteiger charge is 2.32. The molecule has 0 radical (unpaired) electrons. The van der Waals surface area contributed by atoms with Crippen LogP contribution in [0.3, 0.4) is 0 Å². The number of benzene rings is 1. The average molecular weight is 231 g/mol. The van der Waals surface area contributed by atoms with Gasteiger partial charge in [0.2, 0.25) is 0 Å². The minimum atomic E-state index is -0.866. The molecule has 0 aromatic heterocycles. The molecule has 1 aromatic rings. The third-order valence-electron chi connectivity index (χ3n) is 2.97. The molecule has 1 atom stereocenters. The Balaban J connectivity index is 2.45. The number of hydrogen-bond donors (Lipinski definition) is 3. The molecule has 0 saturated carbocycles. The summed E-state index contributed by atoms with van der Waals surface area (Å²) in [6, 6.07) is 7.54. The lowest BCUT2D eigenvalue weighted by molar-refractivity contribution is 0.0462. The first-order valence-electron chi connectivity index (χ1n) is 5.42. The van der Waals surface area contributed by atoms with Crippen LogP contribution in [0.4, 0.5) is 5.69 Å². The fourth-order valence-corrected chi connectivity index (χ4v) is 1.97. The fraction of sp³-hybridized carbons (Fsp3) is 0.231. The van der Waals surface area contributed by atoms with Gasteiger partial charge in [0.05, 0.1) is 0 Å². The Hall–Kier alpha value is -1.78. The Bertz CT molecular complexity index is 476. The van der Waals surface area contributed by atoms with Crippen LogP contribution in [0, 0.1) is 0 Å². The minimum Gasteiger partial charge on any atom is -0.402 e. The Kier molecular flexibility index (Phi) is 2.92. The second-order valence-electron chi connectivity index (χ2n) is 4.21. The van der Waals surface area contributed by atoms with E-state index in [4.69, 9.17) is 21.9 Å². The summed E-state index contributed by atoms with van der Waals surface area (Å²) in [5.41, 5.74) is 20.1. The quantitative estimate of drug-likeness (QED) is 0.527. The third kappa shape index (κ3) is 2.18. The normalized spacial score (nSPS) is 24.1. The second-order valence-corrected chi connectivity index (χ2v) is 4.21. The van der Waals surface area contributed by atoms with Gasteiger partial charge in [0.25, 0.3) is 0 Å². The SMILES string of the molecule is COC1(N)CC(N)=CC=C1c1ccc(N)cc1. The van der Waals surface area contributed by atoms with E-state index in [1.807, 2.05) is 36.4 Å². The molecule has 4 nitrogen and oxygen atoms in total. The Morgan fingerprint density at radius 1 is 1.12 bits per heavy atom. The summed E-state index contributed by atoms with van der Waals surface area (Å²) < 4.78 is 5.40. The summed E-state index contributed by atoms with van der Waals surface area (Å²) in [6.07, 6.45) is 4.24. The van der Waals surface area contributed by atoms with E-state index in [9.17, 15) is 0 Å². The van der Waals surface area contributed by atoms with Gasteiger partial charge in [-0.25, -0.2) is 0 Å². The molecule has 90 valence electrons. The first-order valence-corrected chi connectivity index (χ1v) is 5.42. The molecule has 1 aliphatic carbocycles. The standard InChI is InChI=1S/C13H17N3O/c1-17-13(16)8-11(15)6-7-12(13)9-2-4-10(14)5-3-9/h2-7H,8,14-16H2,1H3. The molecule has 1 aromatic carbocycles. The highest BCUT2D eigenvalue weighted by atomic mass is 16.5. The van der Waals surface area contributed by atoms with Crippen LogP contribution in [0.2, 0.25) is 0 Å². The zero-order valence-corrected chi connectivity index (χ0v) is 9.81. The van der Waals surface area contributed by atoms with E-state index in [0.29, 0.717) is 12.1 Å². The number of nitrogen functional groups attached to an aromatic ring is 1. The van der Waals surface area contributed by atoms with Crippen LogP contribution in [-0.2, 0) is 4.74 Å². The van der Waals surface area contributed by atoms with Crippen LogP contribution >= 0.6 is 0 Å². The third-order valence-corrected chi connectivity index (χ3v) is 2.97. The van der Waals surface area contributed by atoms with E-state index in [1.165, 1.54) is 0 Å². The number of allylic oxidation sites excluding steroid dienone is 2. The lowest BCUT2D eigenvalue weighted by atomic mass is 9.88. The van der Waals surface area contributed by atoms with Gasteiger partial charge in [-0.15, -0.1) is 0 Å². The van der Waals surface area contributed by atoms with E-state index in [2.05, 4.69) is 0 Å². The summed E-state index contributed by atoms with van der Waals surface area (Å²) in [6.45, 7) is 0. The van der Waals surface area contributed by atoms with Crippen LogP contribution in [0.5, 0.6) is 0 Å². The molecule has 0 spiro atoms. The molecule has 0 aliphatic heterocycles. The molecule has 0 bridgehead atoms. The monoisotopic (exact) mass is 231 g/mol. The second kappa shape index (κ2) is 4.24. The van der Waals surface area contributed by atoms with Gasteiger partial charge in [-0.1, -0.05) is 18.2 Å². The number of rotatable bonds is 2. The van der Waals surface area contributed by atoms with Crippen molar-refractivity contribution >= 4 is 11.3 Å². The van der Waals surface area contributed by atoms with Gasteiger partial charge in [-0.3, -0.25) is 5.73 Å². The van der Waals surface area contributed by atoms with Gasteiger partial charge in [-0.05, 0) is 23.8 Å². The molecule has 0 saturated heterocycles. The van der Waals surface area contributed by atoms with Crippen molar-refractivity contribution in [2.45, 2.75) is 12.1 Å². The van der Waals surface area contributed by atoms with Crippen LogP contribution in [-0.4, -0.2) is 12.8 Å². The van der Waals surface area contributed by atoms with Gasteiger partial charge in [0, 0.05) is 30.5 Å². The molecule has 2 rings (SSSR count). The highest BCUT2D eigenvalue weighted by molar-refractivity contribution is 5.75. The van der Waals surface area contributed by atoms with Gasteiger partial charge in [0.1, 0.15) is 5.72 Å². The van der Waals surface area contributed by atoms with Crippen molar-refractivity contribution < 1.29 is 4.74 Å². The number of nitrogens with two attached hydrogens (primary N) is 3. The van der Waals surface area contributed by atoms with Crippen molar-refractivity contribution in [3.05, 3.63) is 47.7 Å². The smallest absolute Gasteiger partial charge is 0.148 e. The topological polar surface area (TPSA) is 87.3 Å². The van der Waals surface area contributed by atoms with Crippen molar-refractivity contribution in [2.24, 2.45) is 11.5 Å². The lowest BCUT2D eigenvalue weighted by Gasteiger charge is -2.33. The molecule has 17 heavy (non-hydrogen) atoms. The summed E-state index contributed by atoms with van der Waals surface area (Å²) in [4.78, 5) is 0. The van der Waals surface area contributed by atoms with Crippen molar-refractivity contribution in [3.63, 3.8) is 0 Å². The van der Waals surface area contributed by atoms with Crippen molar-refractivity contribution in [3.8, 4) is 0 Å². The Labute approximate surface area is 101 Å². The molecule has 0 amide bonds. The van der Waals surface area contributed by atoms with E-state index >= 15 is 0 Å². The van der Waals surface area contributed by atoms with Crippen molar-refractivity contribution in [2.75, 3.05) is 12.8 Å². The van der Waals surface area contributed by atoms with Gasteiger partial charge >= 0.3 is 0 Å². The zero-order valence-electron chi connectivity index (χ0n) is 9.81. The Morgan fingerprint density at radius 3 is 2.35 bits per heavy atom. The average Bonchev–Trinajstić information content (AvgIpc) is 2.31. The largest absolute Gasteiger partial charge is 0.402 e. The number of anilines is 1. The Morgan fingerprint density at radius 2 is 1.76 bits per heavy atom. The highest BCUT2D eigenvalue weighted by Crippen LogP contribution is 2.33. The predicted molar refractivity (Wildman–Crippen MR) is 69.6 cm³/mol. The first-order chi connectivity index (χ1) is 8.05. The van der Waals surface area contributed by atoms with E-state index in [1.54, 1.807) is 7.11 Å². The predicted octanol–water partition coefficient (Wildman–Crippen LogP) is 1.20. The number of hydrogen-bond acceptors (Lipinski definition) is 4. The van der Waals surface area contributed by atoms with Gasteiger partial charge < -0.3 is 16.2 Å². The van der Waals surface area contributed by atoms with Gasteiger partial charge in [0.15, 0.2) is 0 Å². The van der Waals surface area contributed by atoms with Crippen LogP contribution in [0.25, 0.3) is 5.57 Å². The summed E-state index contributed by atoms with van der Waals surface area (Å²) >= 11 is 0. The van der Waals surface area contributed by atoms with Crippen LogP contribution in [0.1, 0.15) is 12.0 Å². The van der Waals surface area contributed by atoms with Gasteiger partial charge in [-0.2, -0.15) is 0 Å². The molecule has 4 heteroatoms. The maximum Gasteiger partial charge on any atom is 0.148 e. The fourth-order valence-electron chi connectivity index (χ4n) is 1.97. The van der Waals surface area contributed by atoms with Crippen LogP contribution in [0.15, 0.2) is 42.1 Å².